The Bertz CT molecular complexity index is 2190. The molecule has 1 amide bonds. The van der Waals surface area contributed by atoms with Gasteiger partial charge in [-0.25, -0.2) is 9.97 Å². The second kappa shape index (κ2) is 14.3. The molecule has 3 N–H and O–H groups in total. The summed E-state index contributed by atoms with van der Waals surface area (Å²) in [5.41, 5.74) is 5.43. The van der Waals surface area contributed by atoms with E-state index in [1.165, 1.54) is 6.08 Å². The number of pyridine rings is 2. The van der Waals surface area contributed by atoms with Gasteiger partial charge in [0.25, 0.3) is 0 Å². The lowest BCUT2D eigenvalue weighted by molar-refractivity contribution is -0.132. The van der Waals surface area contributed by atoms with Crippen molar-refractivity contribution in [1.29, 1.82) is 0 Å². The minimum absolute atomic E-state index is 0.0456. The van der Waals surface area contributed by atoms with Gasteiger partial charge in [0.1, 0.15) is 34.0 Å². The van der Waals surface area contributed by atoms with Crippen molar-refractivity contribution in [1.82, 2.24) is 29.0 Å². The Balaban J connectivity index is 0.000000159. The lowest BCUT2D eigenvalue weighted by Gasteiger charge is -2.38. The number of phenolic OH excluding ortho intramolecular Hbond substituents is 2. The molecule has 13 heteroatoms. The Morgan fingerprint density at radius 1 is 0.800 bits per heavy atom. The minimum Gasteiger partial charge on any atom is -0.506 e. The van der Waals surface area contributed by atoms with E-state index in [-0.39, 0.29) is 17.4 Å². The monoisotopic (exact) mass is 712 g/mol. The van der Waals surface area contributed by atoms with Crippen molar-refractivity contribution in [2.75, 3.05) is 39.4 Å². The van der Waals surface area contributed by atoms with E-state index in [1.54, 1.807) is 60.3 Å². The molecular weight excluding hydrogens is 679 g/mol. The minimum atomic E-state index is -0.0457. The summed E-state index contributed by atoms with van der Waals surface area (Å²) in [4.78, 5) is 21.7. The number of imidazole rings is 2. The van der Waals surface area contributed by atoms with Crippen LogP contribution in [0.15, 0.2) is 98.6 Å². The van der Waals surface area contributed by atoms with Crippen LogP contribution in [0.5, 0.6) is 23.0 Å². The first-order chi connectivity index (χ1) is 24.2. The van der Waals surface area contributed by atoms with Crippen molar-refractivity contribution in [2.45, 2.75) is 0 Å². The molecule has 0 aliphatic carbocycles. The predicted octanol–water partition coefficient (Wildman–Crippen LogP) is 6.34. The first kappa shape index (κ1) is 33.3. The third-order valence-corrected chi connectivity index (χ3v) is 9.39. The van der Waals surface area contributed by atoms with Crippen LogP contribution in [0, 0.1) is 11.8 Å². The van der Waals surface area contributed by atoms with Crippen molar-refractivity contribution in [3.05, 3.63) is 109 Å². The van der Waals surface area contributed by atoms with Gasteiger partial charge in [0, 0.05) is 61.5 Å². The largest absolute Gasteiger partial charge is 0.506 e. The highest BCUT2D eigenvalue weighted by Gasteiger charge is 2.30. The zero-order valence-electron chi connectivity index (χ0n) is 26.9. The molecule has 6 heterocycles. The molecule has 0 atom stereocenters. The highest BCUT2D eigenvalue weighted by atomic mass is 35.5. The van der Waals surface area contributed by atoms with Crippen molar-refractivity contribution < 1.29 is 24.5 Å². The van der Waals surface area contributed by atoms with E-state index < -0.39 is 0 Å². The fourth-order valence-electron chi connectivity index (χ4n) is 5.79. The summed E-state index contributed by atoms with van der Waals surface area (Å²) in [7, 11) is 0. The molecule has 0 radical (unpaired) electrons. The number of amides is 1. The molecule has 0 saturated carbocycles. The topological polar surface area (TPSA) is 126 Å². The van der Waals surface area contributed by atoms with Gasteiger partial charge in [-0.15, -0.1) is 0 Å². The van der Waals surface area contributed by atoms with Gasteiger partial charge >= 0.3 is 0 Å². The summed E-state index contributed by atoms with van der Waals surface area (Å²) >= 11 is 12.1. The molecule has 2 fully saturated rings. The van der Waals surface area contributed by atoms with Gasteiger partial charge in [-0.1, -0.05) is 41.9 Å². The molecule has 0 bridgehead atoms. The summed E-state index contributed by atoms with van der Waals surface area (Å²) < 4.78 is 15.9. The molecule has 0 spiro atoms. The number of aromatic nitrogens is 4. The van der Waals surface area contributed by atoms with Crippen LogP contribution in [0.2, 0.25) is 10.0 Å². The number of hydrogen-bond acceptors (Lipinski definition) is 8. The second-order valence-corrected chi connectivity index (χ2v) is 13.2. The first-order valence-electron chi connectivity index (χ1n) is 16.0. The number of likely N-dealkylation sites (tertiary alicyclic amines) is 1. The number of aromatic hydroxyl groups is 2. The summed E-state index contributed by atoms with van der Waals surface area (Å²) in [6.45, 7) is 8.06. The lowest BCUT2D eigenvalue weighted by Crippen LogP contribution is -2.51. The van der Waals surface area contributed by atoms with Crippen LogP contribution >= 0.6 is 23.2 Å². The average Bonchev–Trinajstić information content (AvgIpc) is 3.76. The fourth-order valence-corrected chi connectivity index (χ4v) is 6.15. The Hall–Kier alpha value is -5.23. The van der Waals surface area contributed by atoms with E-state index in [1.807, 2.05) is 39.4 Å². The molecule has 2 saturated heterocycles. The number of carbonyl (C=O) groups is 1. The highest BCUT2D eigenvalue weighted by molar-refractivity contribution is 6.32. The molecule has 2 aliphatic heterocycles. The Morgan fingerprint density at radius 3 is 1.74 bits per heavy atom. The third kappa shape index (κ3) is 7.07. The number of nitrogens with one attached hydrogen (secondary N) is 1. The average molecular weight is 714 g/mol. The van der Waals surface area contributed by atoms with Gasteiger partial charge < -0.3 is 38.7 Å². The molecule has 2 aliphatic rings. The van der Waals surface area contributed by atoms with Gasteiger partial charge in [-0.05, 0) is 53.6 Å². The lowest BCUT2D eigenvalue weighted by atomic mass is 10.0. The number of phenols is 2. The zero-order chi connectivity index (χ0) is 34.8. The molecule has 11 nitrogen and oxygen atoms in total. The summed E-state index contributed by atoms with van der Waals surface area (Å²) in [6, 6.07) is 14.2. The van der Waals surface area contributed by atoms with Gasteiger partial charge in [0.15, 0.2) is 0 Å². The van der Waals surface area contributed by atoms with E-state index in [9.17, 15) is 15.0 Å². The normalized spacial score (nSPS) is 14.5. The molecular formula is C37H34Cl2N6O5. The van der Waals surface area contributed by atoms with Gasteiger partial charge in [-0.2, -0.15) is 0 Å². The third-order valence-electron chi connectivity index (χ3n) is 8.79. The van der Waals surface area contributed by atoms with Crippen LogP contribution in [-0.2, 0) is 4.79 Å². The number of carbonyl (C=O) groups excluding carboxylic acids is 1. The van der Waals surface area contributed by atoms with Crippen LogP contribution in [0.1, 0.15) is 0 Å². The number of rotatable bonds is 9. The van der Waals surface area contributed by atoms with E-state index in [0.29, 0.717) is 53.9 Å². The smallest absolute Gasteiger partial charge is 0.245 e. The number of benzene rings is 2. The Kier molecular flexibility index (Phi) is 9.53. The fraction of sp³-hybridized carbons (Fsp3) is 0.216. The molecule has 8 rings (SSSR count). The maximum atomic E-state index is 11.5. The molecule has 0 unspecified atom stereocenters. The van der Waals surface area contributed by atoms with Gasteiger partial charge in [-0.3, -0.25) is 4.79 Å². The van der Waals surface area contributed by atoms with E-state index in [0.717, 1.165) is 52.1 Å². The van der Waals surface area contributed by atoms with E-state index in [2.05, 4.69) is 21.9 Å². The summed E-state index contributed by atoms with van der Waals surface area (Å²) in [5, 5.41) is 23.1. The van der Waals surface area contributed by atoms with Crippen LogP contribution in [0.4, 0.5) is 0 Å². The number of halogens is 2. The predicted molar refractivity (Wildman–Crippen MR) is 192 cm³/mol. The van der Waals surface area contributed by atoms with Crippen molar-refractivity contribution >= 4 is 40.1 Å². The molecule has 50 heavy (non-hydrogen) atoms. The number of ether oxygens (including phenoxy) is 2. The number of fused-ring (bicyclic) bond motifs is 2. The molecule has 2 aromatic carbocycles. The quantitative estimate of drug-likeness (QED) is 0.148. The van der Waals surface area contributed by atoms with Crippen molar-refractivity contribution in [3.63, 3.8) is 0 Å². The summed E-state index contributed by atoms with van der Waals surface area (Å²) in [5.74, 6) is 2.44. The van der Waals surface area contributed by atoms with Crippen LogP contribution < -0.4 is 14.8 Å². The molecule has 4 aromatic heterocycles. The van der Waals surface area contributed by atoms with Gasteiger partial charge in [0.05, 0.1) is 48.3 Å². The molecule has 6 aromatic rings. The Morgan fingerprint density at radius 2 is 1.30 bits per heavy atom. The molecule has 256 valence electrons. The highest BCUT2D eigenvalue weighted by Crippen LogP contribution is 2.34. The second-order valence-electron chi connectivity index (χ2n) is 12.4. The van der Waals surface area contributed by atoms with E-state index in [4.69, 9.17) is 32.7 Å². The SMILES string of the molecule is C=CC(=O)N1CC(COc2cc(-c3ccc(O)c(Cl)c3)cn3cncc23)C1.Oc1ccc(-c2cc(OCC3CNC3)c3cncn3c2)cc1Cl. The number of nitrogens with zero attached hydrogens (tertiary/aromatic N) is 5. The van der Waals surface area contributed by atoms with Crippen molar-refractivity contribution in [3.8, 4) is 45.3 Å². The standard InChI is InChI=1S/C20H18ClN3O3.C17H16ClN3O2/c1-2-20(26)23-8-13(9-23)11-27-19-6-15(10-24-12-22-7-17(19)24)14-3-4-18(25)16(21)5-14;18-14-3-12(1-2-16(14)22)13-4-17(23-9-11-5-19-6-11)15-7-20-10-21(15)8-13/h2-7,10,12-13,25H,1,8-9,11H2;1-4,7-8,10-11,19,22H,5-6,9H2. The zero-order valence-corrected chi connectivity index (χ0v) is 28.4. The summed E-state index contributed by atoms with van der Waals surface area (Å²) in [6.07, 6.45) is 12.2. The first-order valence-corrected chi connectivity index (χ1v) is 16.8. The van der Waals surface area contributed by atoms with Crippen molar-refractivity contribution in [2.24, 2.45) is 11.8 Å². The maximum Gasteiger partial charge on any atom is 0.245 e. The van der Waals surface area contributed by atoms with Crippen LogP contribution in [0.3, 0.4) is 0 Å². The number of hydrogen-bond donors (Lipinski definition) is 3. The maximum absolute atomic E-state index is 11.5. The Labute approximate surface area is 297 Å². The van der Waals surface area contributed by atoms with Crippen LogP contribution in [-0.4, -0.2) is 79.2 Å². The van der Waals surface area contributed by atoms with Gasteiger partial charge in [0.2, 0.25) is 5.91 Å². The van der Waals surface area contributed by atoms with E-state index >= 15 is 0 Å². The van der Waals surface area contributed by atoms with Crippen LogP contribution in [0.25, 0.3) is 33.3 Å².